The second-order valence-electron chi connectivity index (χ2n) is 6.96. The minimum absolute atomic E-state index is 0.0571. The molecule has 0 spiro atoms. The molecule has 1 aliphatic heterocycles. The van der Waals surface area contributed by atoms with Gasteiger partial charge in [0.15, 0.2) is 0 Å². The summed E-state index contributed by atoms with van der Waals surface area (Å²) in [5.74, 6) is -0.312. The first-order chi connectivity index (χ1) is 15.1. The number of ether oxygens (including phenoxy) is 2. The van der Waals surface area contributed by atoms with E-state index in [1.807, 2.05) is 5.43 Å². The van der Waals surface area contributed by atoms with Gasteiger partial charge in [-0.2, -0.15) is 0 Å². The first-order valence-electron chi connectivity index (χ1n) is 9.25. The fourth-order valence-corrected chi connectivity index (χ4v) is 3.17. The molecule has 2 aromatic rings. The van der Waals surface area contributed by atoms with Crippen LogP contribution >= 0.6 is 11.6 Å². The van der Waals surface area contributed by atoms with Gasteiger partial charge in [-0.05, 0) is 48.9 Å². The normalized spacial score (nSPS) is 18.1. The molecule has 1 heterocycles. The maximum absolute atomic E-state index is 13.4. The monoisotopic (exact) mass is 474 g/mol. The summed E-state index contributed by atoms with van der Waals surface area (Å²) in [4.78, 5) is 12.8. The number of hydrogen-bond acceptors (Lipinski definition) is 5. The largest absolute Gasteiger partial charge is 0.496 e. The van der Waals surface area contributed by atoms with Gasteiger partial charge in [-0.1, -0.05) is 11.6 Å². The van der Waals surface area contributed by atoms with Crippen LogP contribution in [-0.2, 0) is 6.61 Å². The van der Waals surface area contributed by atoms with Crippen LogP contribution in [0.2, 0.25) is 5.02 Å². The highest BCUT2D eigenvalue weighted by atomic mass is 35.5. The number of aliphatic hydroxyl groups is 1. The van der Waals surface area contributed by atoms with E-state index in [2.05, 4.69) is 0 Å². The van der Waals surface area contributed by atoms with Crippen LogP contribution in [0.5, 0.6) is 11.5 Å². The average Bonchev–Trinajstić information content (AvgIpc) is 3.13. The molecule has 32 heavy (non-hydrogen) atoms. The summed E-state index contributed by atoms with van der Waals surface area (Å²) in [6, 6.07) is 8.96. The zero-order chi connectivity index (χ0) is 23.6. The number of methoxy groups -OCH3 is 1. The molecule has 1 atom stereocenters. The topological polar surface area (TPSA) is 71.0 Å². The SMILES string of the molecule is COc1ccc(C(=O)N2NC(C(F)F)=CC2(O)C(F)F)cc1COc1ccc(Cl)c(C)c1. The summed E-state index contributed by atoms with van der Waals surface area (Å²) in [7, 11) is 1.39. The van der Waals surface area contributed by atoms with E-state index in [-0.39, 0.29) is 23.3 Å². The number of amides is 1. The number of benzene rings is 2. The van der Waals surface area contributed by atoms with Crippen LogP contribution in [0.15, 0.2) is 48.2 Å². The molecule has 0 radical (unpaired) electrons. The van der Waals surface area contributed by atoms with Crippen LogP contribution in [0.4, 0.5) is 17.6 Å². The van der Waals surface area contributed by atoms with Gasteiger partial charge in [0.1, 0.15) is 18.1 Å². The number of carbonyl (C=O) groups excluding carboxylic acids is 1. The highest BCUT2D eigenvalue weighted by molar-refractivity contribution is 6.31. The smallest absolute Gasteiger partial charge is 0.291 e. The van der Waals surface area contributed by atoms with Gasteiger partial charge in [0.05, 0.1) is 12.8 Å². The molecule has 11 heteroatoms. The first-order valence-corrected chi connectivity index (χ1v) is 9.63. The van der Waals surface area contributed by atoms with Crippen molar-refractivity contribution in [3.8, 4) is 11.5 Å². The first kappa shape index (κ1) is 23.7. The van der Waals surface area contributed by atoms with Crippen LogP contribution in [0.25, 0.3) is 0 Å². The van der Waals surface area contributed by atoms with Crippen molar-refractivity contribution in [1.82, 2.24) is 10.4 Å². The Hall–Kier alpha value is -2.98. The predicted molar refractivity (Wildman–Crippen MR) is 108 cm³/mol. The second kappa shape index (κ2) is 9.25. The molecule has 0 saturated heterocycles. The summed E-state index contributed by atoms with van der Waals surface area (Å²) in [6.07, 6.45) is -6.50. The molecular formula is C21H19ClF4N2O4. The number of rotatable bonds is 7. The maximum atomic E-state index is 13.4. The third-order valence-electron chi connectivity index (χ3n) is 4.78. The molecule has 2 aromatic carbocycles. The summed E-state index contributed by atoms with van der Waals surface area (Å²) in [5.41, 5.74) is -1.36. The van der Waals surface area contributed by atoms with Gasteiger partial charge in [0.2, 0.25) is 5.72 Å². The Labute approximate surface area is 186 Å². The van der Waals surface area contributed by atoms with Crippen LogP contribution in [0, 0.1) is 6.92 Å². The van der Waals surface area contributed by atoms with E-state index in [4.69, 9.17) is 21.1 Å². The molecule has 3 rings (SSSR count). The fourth-order valence-electron chi connectivity index (χ4n) is 3.05. The molecule has 2 N–H and O–H groups in total. The highest BCUT2D eigenvalue weighted by Gasteiger charge is 2.51. The Balaban J connectivity index is 1.86. The number of carbonyl (C=O) groups is 1. The van der Waals surface area contributed by atoms with Gasteiger partial charge >= 0.3 is 0 Å². The molecule has 1 amide bonds. The van der Waals surface area contributed by atoms with Crippen LogP contribution in [0.1, 0.15) is 21.5 Å². The highest BCUT2D eigenvalue weighted by Crippen LogP contribution is 2.32. The lowest BCUT2D eigenvalue weighted by atomic mass is 10.1. The Morgan fingerprint density at radius 2 is 1.94 bits per heavy atom. The Morgan fingerprint density at radius 3 is 2.53 bits per heavy atom. The van der Waals surface area contributed by atoms with E-state index in [1.165, 1.54) is 25.3 Å². The van der Waals surface area contributed by atoms with Crippen LogP contribution < -0.4 is 14.9 Å². The minimum Gasteiger partial charge on any atom is -0.496 e. The lowest BCUT2D eigenvalue weighted by Crippen LogP contribution is -2.56. The number of aryl methyl sites for hydroxylation is 1. The maximum Gasteiger partial charge on any atom is 0.291 e. The molecule has 0 aromatic heterocycles. The van der Waals surface area contributed by atoms with Crippen molar-refractivity contribution in [2.45, 2.75) is 32.1 Å². The van der Waals surface area contributed by atoms with Gasteiger partial charge in [0, 0.05) is 22.2 Å². The van der Waals surface area contributed by atoms with E-state index >= 15 is 0 Å². The fraction of sp³-hybridized carbons (Fsp3) is 0.286. The van der Waals surface area contributed by atoms with E-state index in [0.29, 0.717) is 22.1 Å². The Morgan fingerprint density at radius 1 is 1.22 bits per heavy atom. The van der Waals surface area contributed by atoms with Crippen LogP contribution in [0.3, 0.4) is 0 Å². The van der Waals surface area contributed by atoms with Crippen molar-refractivity contribution in [2.75, 3.05) is 7.11 Å². The number of hydrazine groups is 1. The predicted octanol–water partition coefficient (Wildman–Crippen LogP) is 4.30. The molecule has 1 aliphatic rings. The standard InChI is InChI=1S/C21H19ClF4N2O4/c1-11-7-14(4-5-15(11)22)32-10-13-8-12(3-6-17(13)31-2)19(29)28-21(30,20(25)26)9-16(27-28)18(23)24/h3-9,18,20,27,30H,10H2,1-2H3. The van der Waals surface area contributed by atoms with Gasteiger partial charge in [-0.25, -0.2) is 22.6 Å². The van der Waals surface area contributed by atoms with E-state index in [0.717, 1.165) is 5.56 Å². The minimum atomic E-state index is -3.54. The molecule has 0 aliphatic carbocycles. The van der Waals surface area contributed by atoms with Gasteiger partial charge < -0.3 is 14.6 Å². The molecule has 0 fully saturated rings. The number of hydrogen-bond donors (Lipinski definition) is 2. The van der Waals surface area contributed by atoms with Crippen molar-refractivity contribution >= 4 is 17.5 Å². The molecule has 172 valence electrons. The van der Waals surface area contributed by atoms with Crippen molar-refractivity contribution in [3.05, 3.63) is 69.9 Å². The Kier molecular flexibility index (Phi) is 6.85. The number of nitrogens with one attached hydrogen (secondary N) is 1. The molecule has 6 nitrogen and oxygen atoms in total. The lowest BCUT2D eigenvalue weighted by Gasteiger charge is -2.31. The average molecular weight is 475 g/mol. The molecule has 1 unspecified atom stereocenters. The van der Waals surface area contributed by atoms with Crippen molar-refractivity contribution in [3.63, 3.8) is 0 Å². The summed E-state index contributed by atoms with van der Waals surface area (Å²) < 4.78 is 63.8. The van der Waals surface area contributed by atoms with Gasteiger partial charge in [0.25, 0.3) is 18.8 Å². The van der Waals surface area contributed by atoms with Crippen molar-refractivity contribution in [1.29, 1.82) is 0 Å². The van der Waals surface area contributed by atoms with Gasteiger partial charge in [-0.15, -0.1) is 0 Å². The second-order valence-corrected chi connectivity index (χ2v) is 7.37. The summed E-state index contributed by atoms with van der Waals surface area (Å²) >= 11 is 5.99. The number of alkyl halides is 4. The zero-order valence-corrected chi connectivity index (χ0v) is 17.7. The third kappa shape index (κ3) is 4.61. The molecular weight excluding hydrogens is 456 g/mol. The van der Waals surface area contributed by atoms with Crippen LogP contribution in [-0.4, -0.2) is 41.7 Å². The van der Waals surface area contributed by atoms with Gasteiger partial charge in [-0.3, -0.25) is 10.2 Å². The van der Waals surface area contributed by atoms with Crippen molar-refractivity contribution < 1.29 is 36.9 Å². The number of halogens is 5. The zero-order valence-electron chi connectivity index (χ0n) is 16.9. The van der Waals surface area contributed by atoms with E-state index in [1.54, 1.807) is 25.1 Å². The van der Waals surface area contributed by atoms with E-state index in [9.17, 15) is 27.5 Å². The molecule has 0 saturated carbocycles. The lowest BCUT2D eigenvalue weighted by molar-refractivity contribution is -0.146. The molecule has 0 bridgehead atoms. The quantitative estimate of drug-likeness (QED) is 0.586. The summed E-state index contributed by atoms with van der Waals surface area (Å²) in [6.45, 7) is 1.74. The summed E-state index contributed by atoms with van der Waals surface area (Å²) in [5, 5.41) is 10.8. The van der Waals surface area contributed by atoms with E-state index < -0.39 is 30.2 Å². The number of nitrogens with zero attached hydrogens (tertiary/aromatic N) is 1. The number of allylic oxidation sites excluding steroid dienone is 1. The Bertz CT molecular complexity index is 1050. The third-order valence-corrected chi connectivity index (χ3v) is 5.20. The van der Waals surface area contributed by atoms with Crippen molar-refractivity contribution in [2.24, 2.45) is 0 Å².